The quantitative estimate of drug-likeness (QED) is 0.346. The zero-order valence-corrected chi connectivity index (χ0v) is 18.3. The first-order chi connectivity index (χ1) is 14.6. The first-order valence-electron chi connectivity index (χ1n) is 10.6. The van der Waals surface area contributed by atoms with E-state index in [4.69, 9.17) is 4.74 Å². The fraction of sp³-hybridized carbons (Fsp3) is 0.360. The number of carbonyl (C=O) groups excluding carboxylic acids is 1. The Morgan fingerprint density at radius 2 is 2.07 bits per heavy atom. The average molecular weight is 419 g/mol. The zero-order chi connectivity index (χ0) is 21.1. The highest BCUT2D eigenvalue weighted by atomic mass is 32.2. The molecule has 0 saturated heterocycles. The predicted octanol–water partition coefficient (Wildman–Crippen LogP) is 5.90. The highest BCUT2D eigenvalue weighted by Gasteiger charge is 2.27. The van der Waals surface area contributed by atoms with E-state index in [1.54, 1.807) is 6.92 Å². The van der Waals surface area contributed by atoms with Gasteiger partial charge >= 0.3 is 5.97 Å². The monoisotopic (exact) mass is 418 g/mol. The van der Waals surface area contributed by atoms with Crippen LogP contribution in [0.5, 0.6) is 0 Å². The number of benzene rings is 1. The number of rotatable bonds is 4. The Morgan fingerprint density at radius 1 is 1.27 bits per heavy atom. The number of carbonyl (C=O) groups is 1. The fourth-order valence-corrected chi connectivity index (χ4v) is 5.60. The van der Waals surface area contributed by atoms with E-state index in [2.05, 4.69) is 60.4 Å². The number of nitriles is 1. The number of nitrogens with zero attached hydrogens (tertiary/aromatic N) is 2. The Labute approximate surface area is 182 Å². The largest absolute Gasteiger partial charge is 0.462 e. The van der Waals surface area contributed by atoms with Crippen LogP contribution in [-0.4, -0.2) is 19.1 Å². The van der Waals surface area contributed by atoms with Crippen LogP contribution < -0.4 is 4.90 Å². The van der Waals surface area contributed by atoms with E-state index in [0.29, 0.717) is 5.92 Å². The third kappa shape index (κ3) is 3.97. The summed E-state index contributed by atoms with van der Waals surface area (Å²) in [7, 11) is 0. The lowest BCUT2D eigenvalue weighted by molar-refractivity contribution is -0.138. The molecule has 0 bridgehead atoms. The van der Waals surface area contributed by atoms with Crippen molar-refractivity contribution in [1.29, 1.82) is 5.26 Å². The van der Waals surface area contributed by atoms with E-state index >= 15 is 0 Å². The number of thioether (sulfide) groups is 1. The van der Waals surface area contributed by atoms with Gasteiger partial charge in [0, 0.05) is 11.4 Å². The van der Waals surface area contributed by atoms with Gasteiger partial charge in [-0.2, -0.15) is 5.26 Å². The van der Waals surface area contributed by atoms with Crippen molar-refractivity contribution in [3.63, 3.8) is 0 Å². The number of para-hydroxylation sites is 1. The van der Waals surface area contributed by atoms with Crippen molar-refractivity contribution in [1.82, 2.24) is 0 Å². The minimum absolute atomic E-state index is 0.153. The molecule has 4 nitrogen and oxygen atoms in total. The molecule has 1 aromatic carbocycles. The molecular formula is C25H26N2O2S. The van der Waals surface area contributed by atoms with Crippen LogP contribution in [0.25, 0.3) is 0 Å². The summed E-state index contributed by atoms with van der Waals surface area (Å²) in [4.78, 5) is 15.8. The fourth-order valence-electron chi connectivity index (χ4n) is 4.39. The van der Waals surface area contributed by atoms with Gasteiger partial charge in [0.2, 0.25) is 0 Å². The summed E-state index contributed by atoms with van der Waals surface area (Å²) in [6.07, 6.45) is 10.5. The molecule has 5 heteroatoms. The average Bonchev–Trinajstić information content (AvgIpc) is 3.11. The summed E-state index contributed by atoms with van der Waals surface area (Å²) in [6, 6.07) is 10.6. The third-order valence-corrected chi connectivity index (χ3v) is 6.99. The number of fused-ring (bicyclic) bond motifs is 2. The summed E-state index contributed by atoms with van der Waals surface area (Å²) in [6.45, 7) is 5.16. The van der Waals surface area contributed by atoms with Crippen LogP contribution in [0.2, 0.25) is 0 Å². The maximum Gasteiger partial charge on any atom is 0.349 e. The number of esters is 1. The Kier molecular flexibility index (Phi) is 6.15. The van der Waals surface area contributed by atoms with Crippen molar-refractivity contribution >= 4 is 23.4 Å². The molecule has 0 fully saturated rings. The Morgan fingerprint density at radius 3 is 2.83 bits per heavy atom. The molecule has 30 heavy (non-hydrogen) atoms. The number of ether oxygens (including phenoxy) is 1. The van der Waals surface area contributed by atoms with E-state index in [-0.39, 0.29) is 12.2 Å². The van der Waals surface area contributed by atoms with Crippen molar-refractivity contribution in [2.24, 2.45) is 5.92 Å². The van der Waals surface area contributed by atoms with Crippen LogP contribution in [0.1, 0.15) is 39.5 Å². The van der Waals surface area contributed by atoms with Crippen molar-refractivity contribution in [2.75, 3.05) is 18.1 Å². The van der Waals surface area contributed by atoms with Gasteiger partial charge in [0.1, 0.15) is 11.6 Å². The third-order valence-electron chi connectivity index (χ3n) is 5.88. The Bertz CT molecular complexity index is 1030. The van der Waals surface area contributed by atoms with Crippen LogP contribution in [-0.2, 0) is 9.53 Å². The number of hydrogen-bond donors (Lipinski definition) is 0. The van der Waals surface area contributed by atoms with Gasteiger partial charge in [-0.25, -0.2) is 4.79 Å². The van der Waals surface area contributed by atoms with Gasteiger partial charge in [-0.3, -0.25) is 0 Å². The molecule has 154 valence electrons. The maximum atomic E-state index is 12.1. The lowest BCUT2D eigenvalue weighted by Crippen LogP contribution is -2.18. The number of allylic oxidation sites excluding steroid dienone is 6. The van der Waals surface area contributed by atoms with Gasteiger partial charge in [0.05, 0.1) is 17.3 Å². The molecule has 0 N–H and O–H groups in total. The van der Waals surface area contributed by atoms with Crippen LogP contribution in [0.4, 0.5) is 5.69 Å². The summed E-state index contributed by atoms with van der Waals surface area (Å²) < 4.78 is 5.07. The molecule has 1 atom stereocenters. The summed E-state index contributed by atoms with van der Waals surface area (Å²) >= 11 is 1.82. The molecular weight excluding hydrogens is 392 g/mol. The standard InChI is InChI=1S/C25H26N2O2S/c1-3-27-22-7-5-6-8-23(22)30-24(27)14-17-9-10-18-11-12-19(15-20(18)13-17)21(16-26)25(28)29-4-2/h5-8,13-15,18H,3-4,9-12H2,1-2H3. The molecule has 1 unspecified atom stereocenters. The molecule has 2 aliphatic carbocycles. The molecule has 4 rings (SSSR count). The highest BCUT2D eigenvalue weighted by molar-refractivity contribution is 8.03. The lowest BCUT2D eigenvalue weighted by Gasteiger charge is -2.29. The van der Waals surface area contributed by atoms with Gasteiger partial charge in [-0.15, -0.1) is 0 Å². The molecule has 1 aromatic rings. The second kappa shape index (κ2) is 8.97. The van der Waals surface area contributed by atoms with E-state index in [9.17, 15) is 10.1 Å². The van der Waals surface area contributed by atoms with E-state index < -0.39 is 5.97 Å². The number of anilines is 1. The van der Waals surface area contributed by atoms with E-state index in [1.807, 2.05) is 11.8 Å². The highest BCUT2D eigenvalue weighted by Crippen LogP contribution is 2.47. The Hall–Kier alpha value is -2.71. The van der Waals surface area contributed by atoms with E-state index in [0.717, 1.165) is 37.8 Å². The topological polar surface area (TPSA) is 53.3 Å². The molecule has 3 aliphatic rings. The van der Waals surface area contributed by atoms with Crippen LogP contribution >= 0.6 is 11.8 Å². The molecule has 1 aliphatic heterocycles. The normalized spacial score (nSPS) is 23.2. The zero-order valence-electron chi connectivity index (χ0n) is 17.5. The van der Waals surface area contributed by atoms with E-state index in [1.165, 1.54) is 26.8 Å². The Balaban J connectivity index is 1.64. The van der Waals surface area contributed by atoms with Crippen molar-refractivity contribution in [3.8, 4) is 6.07 Å². The van der Waals surface area contributed by atoms with Crippen LogP contribution in [0.3, 0.4) is 0 Å². The van der Waals surface area contributed by atoms with Gasteiger partial charge < -0.3 is 9.64 Å². The smallest absolute Gasteiger partial charge is 0.349 e. The van der Waals surface area contributed by atoms with Gasteiger partial charge in [-0.1, -0.05) is 36.0 Å². The van der Waals surface area contributed by atoms with Crippen molar-refractivity contribution in [2.45, 2.75) is 44.4 Å². The predicted molar refractivity (Wildman–Crippen MR) is 121 cm³/mol. The second-order valence-electron chi connectivity index (χ2n) is 7.67. The number of hydrogen-bond acceptors (Lipinski definition) is 5. The van der Waals surface area contributed by atoms with Crippen molar-refractivity contribution in [3.05, 3.63) is 69.8 Å². The first kappa shape index (κ1) is 20.6. The molecule has 1 heterocycles. The first-order valence-corrected chi connectivity index (χ1v) is 11.4. The molecule has 0 aromatic heterocycles. The summed E-state index contributed by atoms with van der Waals surface area (Å²) in [5.74, 6) is -0.000108. The lowest BCUT2D eigenvalue weighted by atomic mass is 9.76. The van der Waals surface area contributed by atoms with Gasteiger partial charge in [0.15, 0.2) is 0 Å². The molecule has 0 amide bonds. The SMILES string of the molecule is CCOC(=O)C(C#N)=C1C=C2C=C(C=C3Sc4ccccc4N3CC)CCC2CC1. The molecule has 0 radical (unpaired) electrons. The minimum Gasteiger partial charge on any atom is -0.462 e. The van der Waals surface area contributed by atoms with Gasteiger partial charge in [-0.05, 0) is 80.4 Å². The molecule has 0 saturated carbocycles. The van der Waals surface area contributed by atoms with Gasteiger partial charge in [0.25, 0.3) is 0 Å². The van der Waals surface area contributed by atoms with Crippen molar-refractivity contribution < 1.29 is 9.53 Å². The summed E-state index contributed by atoms with van der Waals surface area (Å²) in [5, 5.41) is 10.7. The second-order valence-corrected chi connectivity index (χ2v) is 8.73. The summed E-state index contributed by atoms with van der Waals surface area (Å²) in [5.41, 5.74) is 4.78. The van der Waals surface area contributed by atoms with Crippen LogP contribution in [0.15, 0.2) is 74.7 Å². The maximum absolute atomic E-state index is 12.1. The molecule has 0 spiro atoms. The van der Waals surface area contributed by atoms with Crippen LogP contribution in [0, 0.1) is 17.2 Å². The minimum atomic E-state index is -0.508.